The maximum atomic E-state index is 13.8. The Morgan fingerprint density at radius 2 is 1.55 bits per heavy atom. The van der Waals surface area contributed by atoms with Crippen LogP contribution in [0.3, 0.4) is 0 Å². The van der Waals surface area contributed by atoms with Crippen molar-refractivity contribution < 1.29 is 38.2 Å². The van der Waals surface area contributed by atoms with E-state index in [0.717, 1.165) is 12.8 Å². The number of likely N-dealkylation sites (N-methyl/N-ethyl adjacent to an activating group) is 1. The second-order valence-electron chi connectivity index (χ2n) is 13.2. The Morgan fingerprint density at radius 3 is 2.10 bits per heavy atom. The van der Waals surface area contributed by atoms with Crippen molar-refractivity contribution in [1.82, 2.24) is 26.2 Å². The van der Waals surface area contributed by atoms with Gasteiger partial charge in [-0.2, -0.15) is 0 Å². The van der Waals surface area contributed by atoms with Gasteiger partial charge in [0.1, 0.15) is 17.2 Å². The molecule has 0 radical (unpaired) electrons. The molecular weight excluding hydrogens is 546 g/mol. The quantitative estimate of drug-likeness (QED) is 0.142. The molecule has 0 bridgehead atoms. The molecule has 1 unspecified atom stereocenters. The Labute approximate surface area is 249 Å². The molecule has 0 aromatic carbocycles. The topological polar surface area (TPSA) is 164 Å². The van der Waals surface area contributed by atoms with Crippen LogP contribution in [0.1, 0.15) is 86.5 Å². The highest BCUT2D eigenvalue weighted by Gasteiger charge is 2.50. The molecule has 2 fully saturated rings. The summed E-state index contributed by atoms with van der Waals surface area (Å²) >= 11 is 0. The fourth-order valence-corrected chi connectivity index (χ4v) is 4.78. The van der Waals surface area contributed by atoms with Gasteiger partial charge in [0.2, 0.25) is 11.8 Å². The molecule has 2 aliphatic rings. The third-order valence-corrected chi connectivity index (χ3v) is 7.03. The molecule has 4 amide bonds. The maximum Gasteiger partial charge on any atom is 0.408 e. The summed E-state index contributed by atoms with van der Waals surface area (Å²) in [6.07, 6.45) is 3.11. The molecule has 1 heterocycles. The number of hydrogen-bond acceptors (Lipinski definition) is 9. The Hall–Kier alpha value is -3.09. The highest BCUT2D eigenvalue weighted by atomic mass is 16.6. The summed E-state index contributed by atoms with van der Waals surface area (Å²) in [6, 6.07) is -1.28. The summed E-state index contributed by atoms with van der Waals surface area (Å²) in [7, 11) is 2.94. The van der Waals surface area contributed by atoms with Gasteiger partial charge in [0, 0.05) is 19.5 Å². The van der Waals surface area contributed by atoms with Crippen LogP contribution in [-0.4, -0.2) is 97.5 Å². The first-order valence-corrected chi connectivity index (χ1v) is 14.8. The van der Waals surface area contributed by atoms with Crippen molar-refractivity contribution in [2.24, 2.45) is 5.92 Å². The van der Waals surface area contributed by atoms with Crippen molar-refractivity contribution in [2.45, 2.75) is 115 Å². The van der Waals surface area contributed by atoms with Crippen molar-refractivity contribution in [2.75, 3.05) is 33.8 Å². The van der Waals surface area contributed by atoms with Gasteiger partial charge in [-0.3, -0.25) is 9.59 Å². The number of nitrogens with one attached hydrogen (secondary N) is 4. The molecular formula is C29H51N5O8. The van der Waals surface area contributed by atoms with E-state index in [4.69, 9.17) is 14.2 Å². The molecule has 1 saturated carbocycles. The van der Waals surface area contributed by atoms with Gasteiger partial charge in [-0.25, -0.2) is 14.4 Å². The zero-order valence-electron chi connectivity index (χ0n) is 26.5. The zero-order valence-corrected chi connectivity index (χ0v) is 26.5. The highest BCUT2D eigenvalue weighted by molar-refractivity contribution is 5.92. The van der Waals surface area contributed by atoms with E-state index in [1.165, 1.54) is 12.0 Å². The minimum atomic E-state index is -1.47. The maximum absolute atomic E-state index is 13.8. The van der Waals surface area contributed by atoms with Crippen LogP contribution >= 0.6 is 0 Å². The second-order valence-corrected chi connectivity index (χ2v) is 13.2. The summed E-state index contributed by atoms with van der Waals surface area (Å²) in [5.74, 6) is -0.807. The highest BCUT2D eigenvalue weighted by Crippen LogP contribution is 2.33. The summed E-state index contributed by atoms with van der Waals surface area (Å²) < 4.78 is 15.6. The van der Waals surface area contributed by atoms with Gasteiger partial charge in [0.05, 0.1) is 19.7 Å². The van der Waals surface area contributed by atoms with Crippen molar-refractivity contribution in [1.29, 1.82) is 0 Å². The van der Waals surface area contributed by atoms with E-state index in [2.05, 4.69) is 21.3 Å². The minimum absolute atomic E-state index is 0.123. The van der Waals surface area contributed by atoms with Crippen molar-refractivity contribution in [3.63, 3.8) is 0 Å². The van der Waals surface area contributed by atoms with E-state index in [1.807, 2.05) is 0 Å². The molecule has 0 aromatic heterocycles. The molecule has 0 spiro atoms. The number of unbranched alkanes of at least 4 members (excludes halogenated alkanes) is 1. The van der Waals surface area contributed by atoms with Crippen molar-refractivity contribution >= 4 is 30.0 Å². The number of alkyl carbamates (subject to hydrolysis) is 2. The van der Waals surface area contributed by atoms with E-state index in [-0.39, 0.29) is 31.3 Å². The SMILES string of the molecule is CN[C@H](CC1CC1)C(=O)N[C@H](CCCCNC(=O)OC(C)(C)C)C(=O)N1CCC(NC(=O)OC(C)(C)C)(C(=O)OC)C1. The number of carbonyl (C=O) groups excluding carboxylic acids is 5. The molecule has 3 atom stereocenters. The normalized spacial score (nSPS) is 20.2. The molecule has 1 aliphatic heterocycles. The number of nitrogens with zero attached hydrogens (tertiary/aromatic N) is 1. The fraction of sp³-hybridized carbons (Fsp3) is 0.828. The average molecular weight is 598 g/mol. The minimum Gasteiger partial charge on any atom is -0.467 e. The van der Waals surface area contributed by atoms with Gasteiger partial charge in [-0.1, -0.05) is 12.8 Å². The van der Waals surface area contributed by atoms with Crippen LogP contribution in [0.15, 0.2) is 0 Å². The lowest BCUT2D eigenvalue weighted by Gasteiger charge is -2.30. The lowest BCUT2D eigenvalue weighted by molar-refractivity contribution is -0.148. The Balaban J connectivity index is 2.10. The van der Waals surface area contributed by atoms with Crippen molar-refractivity contribution in [3.8, 4) is 0 Å². The smallest absolute Gasteiger partial charge is 0.408 e. The molecule has 2 rings (SSSR count). The van der Waals surface area contributed by atoms with Gasteiger partial charge in [-0.05, 0) is 80.2 Å². The first-order chi connectivity index (χ1) is 19.5. The lowest BCUT2D eigenvalue weighted by atomic mass is 9.99. The van der Waals surface area contributed by atoms with Crippen LogP contribution in [0.4, 0.5) is 9.59 Å². The lowest BCUT2D eigenvalue weighted by Crippen LogP contribution is -2.59. The zero-order chi connectivity index (χ0) is 31.7. The Kier molecular flexibility index (Phi) is 12.4. The van der Waals surface area contributed by atoms with E-state index in [9.17, 15) is 24.0 Å². The summed E-state index contributed by atoms with van der Waals surface area (Å²) in [6.45, 7) is 10.9. The van der Waals surface area contributed by atoms with Crippen LogP contribution in [-0.2, 0) is 28.6 Å². The molecule has 13 nitrogen and oxygen atoms in total. The molecule has 4 N–H and O–H groups in total. The summed E-state index contributed by atoms with van der Waals surface area (Å²) in [4.78, 5) is 65.8. The van der Waals surface area contributed by atoms with Crippen LogP contribution < -0.4 is 21.3 Å². The van der Waals surface area contributed by atoms with Crippen molar-refractivity contribution in [3.05, 3.63) is 0 Å². The first-order valence-electron chi connectivity index (χ1n) is 14.8. The third-order valence-electron chi connectivity index (χ3n) is 7.03. The number of likely N-dealkylation sites (tertiary alicyclic amines) is 1. The van der Waals surface area contributed by atoms with Gasteiger partial charge in [0.15, 0.2) is 5.54 Å². The predicted octanol–water partition coefficient (Wildman–Crippen LogP) is 2.22. The molecule has 1 aliphatic carbocycles. The predicted molar refractivity (Wildman–Crippen MR) is 156 cm³/mol. The van der Waals surface area contributed by atoms with Gasteiger partial charge < -0.3 is 40.4 Å². The average Bonchev–Trinajstić information content (AvgIpc) is 3.59. The standard InChI is InChI=1S/C29H51N5O8/c1-27(2,3)41-25(38)31-15-10-9-11-20(32-22(35)21(30-7)17-19-12-13-19)23(36)34-16-14-29(18-34,24(37)40-8)33-26(39)42-28(4,5)6/h19-21,30H,9-18H2,1-8H3,(H,31,38)(H,32,35)(H,33,39)/t20-,21-,29?/m1/s1. The number of carbonyl (C=O) groups is 5. The van der Waals surface area contributed by atoms with Gasteiger partial charge in [-0.15, -0.1) is 0 Å². The van der Waals surface area contributed by atoms with E-state index in [1.54, 1.807) is 48.6 Å². The van der Waals surface area contributed by atoms with Crippen LogP contribution in [0.2, 0.25) is 0 Å². The number of rotatable bonds is 13. The van der Waals surface area contributed by atoms with E-state index < -0.39 is 47.0 Å². The number of methoxy groups -OCH3 is 1. The van der Waals surface area contributed by atoms with Gasteiger partial charge in [0.25, 0.3) is 0 Å². The molecule has 240 valence electrons. The molecule has 1 saturated heterocycles. The first kappa shape index (κ1) is 35.1. The van der Waals surface area contributed by atoms with Crippen LogP contribution in [0.5, 0.6) is 0 Å². The summed E-state index contributed by atoms with van der Waals surface area (Å²) in [5.41, 5.74) is -2.87. The number of hydrogen-bond donors (Lipinski definition) is 4. The summed E-state index contributed by atoms with van der Waals surface area (Å²) in [5, 5.41) is 11.3. The fourth-order valence-electron chi connectivity index (χ4n) is 4.78. The molecule has 42 heavy (non-hydrogen) atoms. The number of esters is 1. The van der Waals surface area contributed by atoms with Crippen LogP contribution in [0.25, 0.3) is 0 Å². The van der Waals surface area contributed by atoms with E-state index >= 15 is 0 Å². The van der Waals surface area contributed by atoms with Crippen LogP contribution in [0, 0.1) is 5.92 Å². The second kappa shape index (κ2) is 14.9. The third kappa shape index (κ3) is 11.7. The molecule has 0 aromatic rings. The number of amides is 4. The van der Waals surface area contributed by atoms with Gasteiger partial charge >= 0.3 is 18.2 Å². The number of ether oxygens (including phenoxy) is 3. The monoisotopic (exact) mass is 597 g/mol. The molecule has 13 heteroatoms. The van der Waals surface area contributed by atoms with E-state index in [0.29, 0.717) is 38.1 Å². The Morgan fingerprint density at radius 1 is 0.929 bits per heavy atom. The largest absolute Gasteiger partial charge is 0.467 e. The Bertz CT molecular complexity index is 972.